The second-order valence-electron chi connectivity index (χ2n) is 6.49. The molecule has 5 nitrogen and oxygen atoms in total. The van der Waals surface area contributed by atoms with Crippen molar-refractivity contribution in [1.82, 2.24) is 5.32 Å². The molecule has 2 saturated carbocycles. The van der Waals surface area contributed by atoms with E-state index in [9.17, 15) is 9.59 Å². The molecule has 0 aromatic rings. The average molecular weight is 388 g/mol. The Morgan fingerprint density at radius 3 is 2.07 bits per heavy atom. The number of ether oxygens (including phenoxy) is 1. The number of hydrogen-bond acceptors (Lipinski definition) is 4. The van der Waals surface area contributed by atoms with E-state index in [2.05, 4.69) is 5.32 Å². The summed E-state index contributed by atoms with van der Waals surface area (Å²) >= 11 is 0. The molecule has 2 aliphatic carbocycles. The van der Waals surface area contributed by atoms with Crippen LogP contribution < -0.4 is 5.32 Å². The third-order valence-electron chi connectivity index (χ3n) is 4.76. The molecule has 0 atom stereocenters. The van der Waals surface area contributed by atoms with Crippen molar-refractivity contribution in [2.24, 2.45) is 5.92 Å². The third-order valence-corrected chi connectivity index (χ3v) is 4.76. The molecule has 2 aliphatic rings. The summed E-state index contributed by atoms with van der Waals surface area (Å²) in [6, 6.07) is 0.220. The van der Waals surface area contributed by atoms with Gasteiger partial charge >= 0.3 is 0 Å². The minimum Gasteiger partial charge on any atom is -0.400 e. The van der Waals surface area contributed by atoms with Gasteiger partial charge in [-0.1, -0.05) is 53.9 Å². The lowest BCUT2D eigenvalue weighted by atomic mass is 9.77. The Labute approximate surface area is 167 Å². The van der Waals surface area contributed by atoms with E-state index in [1.54, 1.807) is 0 Å². The maximum Gasteiger partial charge on any atom is 0.220 e. The topological polar surface area (TPSA) is 75.6 Å². The molecule has 2 fully saturated rings. The zero-order chi connectivity index (χ0) is 21.1. The van der Waals surface area contributed by atoms with Gasteiger partial charge in [-0.25, -0.2) is 0 Å². The van der Waals surface area contributed by atoms with Crippen molar-refractivity contribution >= 4 is 11.7 Å². The molecule has 1 amide bonds. The van der Waals surface area contributed by atoms with E-state index < -0.39 is 0 Å². The second-order valence-corrected chi connectivity index (χ2v) is 6.49. The fourth-order valence-corrected chi connectivity index (χ4v) is 3.30. The number of aliphatic hydroxyl groups excluding tert-OH is 1. The number of Topliss-reactive ketones (excluding diaryl/α,β-unsaturated/α-hetero) is 1. The van der Waals surface area contributed by atoms with E-state index in [0.717, 1.165) is 26.4 Å². The number of aliphatic hydroxyl groups is 1. The van der Waals surface area contributed by atoms with Crippen LogP contribution in [-0.4, -0.2) is 42.7 Å². The summed E-state index contributed by atoms with van der Waals surface area (Å²) in [5.41, 5.74) is 0. The second kappa shape index (κ2) is 19.8. The van der Waals surface area contributed by atoms with Gasteiger partial charge in [0.05, 0.1) is 6.10 Å². The fraction of sp³-hybridized carbons (Fsp3) is 0.909. The number of rotatable bonds is 8. The van der Waals surface area contributed by atoms with Gasteiger partial charge in [-0.3, -0.25) is 9.59 Å². The molecule has 5 heteroatoms. The van der Waals surface area contributed by atoms with Crippen molar-refractivity contribution in [1.29, 1.82) is 0 Å². The highest BCUT2D eigenvalue weighted by Crippen LogP contribution is 2.29. The first-order valence-electron chi connectivity index (χ1n) is 11.1. The van der Waals surface area contributed by atoms with Crippen molar-refractivity contribution in [3.8, 4) is 0 Å². The summed E-state index contributed by atoms with van der Waals surface area (Å²) in [6.07, 6.45) is 10.3. The number of hydrogen-bond donors (Lipinski definition) is 2. The lowest BCUT2D eigenvalue weighted by Gasteiger charge is -2.34. The molecule has 27 heavy (non-hydrogen) atoms. The first-order valence-corrected chi connectivity index (χ1v) is 11.1. The fourth-order valence-electron chi connectivity index (χ4n) is 3.30. The van der Waals surface area contributed by atoms with Crippen LogP contribution in [0.25, 0.3) is 0 Å². The Hall–Kier alpha value is -0.940. The summed E-state index contributed by atoms with van der Waals surface area (Å²) in [7, 11) is 1.00. The number of carbonyl (C=O) groups is 2. The van der Waals surface area contributed by atoms with Gasteiger partial charge in [-0.15, -0.1) is 0 Å². The van der Waals surface area contributed by atoms with E-state index in [4.69, 9.17) is 9.84 Å². The van der Waals surface area contributed by atoms with Crippen LogP contribution in [0, 0.1) is 5.92 Å². The Morgan fingerprint density at radius 1 is 1.00 bits per heavy atom. The Morgan fingerprint density at radius 2 is 1.56 bits per heavy atom. The van der Waals surface area contributed by atoms with E-state index in [1.807, 2.05) is 34.6 Å². The Kier molecular flexibility index (Phi) is 20.7. The molecule has 0 heterocycles. The van der Waals surface area contributed by atoms with Crippen LogP contribution in [0.3, 0.4) is 0 Å². The largest absolute Gasteiger partial charge is 0.400 e. The van der Waals surface area contributed by atoms with Crippen molar-refractivity contribution in [3.63, 3.8) is 0 Å². The standard InChI is InChI=1S/C17H29NO3.2C2H6.CH4O/c1-2-16(19)13-11-14(12-13)18-17(20)9-6-10-21-15-7-4-3-5-8-15;3*1-2/h13-15H,2-12H2,1H3,(H,18,20);2*1-2H3;2H,1H3. The number of carbonyl (C=O) groups excluding carboxylic acids is 2. The van der Waals surface area contributed by atoms with E-state index in [1.165, 1.54) is 32.1 Å². The van der Waals surface area contributed by atoms with Crippen molar-refractivity contribution in [2.45, 2.75) is 111 Å². The number of ketones is 1. The maximum atomic E-state index is 11.8. The van der Waals surface area contributed by atoms with Gasteiger partial charge in [0.2, 0.25) is 5.91 Å². The number of amides is 1. The molecule has 0 aliphatic heterocycles. The Balaban J connectivity index is 0. The SMILES string of the molecule is CC.CC.CCC(=O)C1CC(NC(=O)CCCOC2CCCCC2)C1.CO. The van der Waals surface area contributed by atoms with Gasteiger partial charge in [0.25, 0.3) is 0 Å². The monoisotopic (exact) mass is 387 g/mol. The third kappa shape index (κ3) is 13.0. The van der Waals surface area contributed by atoms with Crippen LogP contribution in [-0.2, 0) is 14.3 Å². The molecule has 0 unspecified atom stereocenters. The van der Waals surface area contributed by atoms with Crippen molar-refractivity contribution in [3.05, 3.63) is 0 Å². The number of nitrogens with one attached hydrogen (secondary N) is 1. The quantitative estimate of drug-likeness (QED) is 0.594. The van der Waals surface area contributed by atoms with E-state index in [-0.39, 0.29) is 17.9 Å². The molecule has 162 valence electrons. The van der Waals surface area contributed by atoms with Gasteiger partial charge < -0.3 is 15.2 Å². The van der Waals surface area contributed by atoms with Crippen molar-refractivity contribution < 1.29 is 19.4 Å². The van der Waals surface area contributed by atoms with Gasteiger partial charge in [-0.05, 0) is 32.1 Å². The lowest BCUT2D eigenvalue weighted by Crippen LogP contribution is -2.46. The summed E-state index contributed by atoms with van der Waals surface area (Å²) in [5, 5.41) is 10.0. The minimum atomic E-state index is 0.106. The first kappa shape index (κ1) is 28.3. The molecule has 0 bridgehead atoms. The van der Waals surface area contributed by atoms with Crippen LogP contribution in [0.1, 0.15) is 98.8 Å². The van der Waals surface area contributed by atoms with E-state index >= 15 is 0 Å². The molecule has 0 saturated heterocycles. The normalized spacial score (nSPS) is 21.0. The highest BCUT2D eigenvalue weighted by molar-refractivity contribution is 5.82. The molecule has 2 rings (SSSR count). The zero-order valence-corrected chi connectivity index (χ0v) is 18.7. The highest BCUT2D eigenvalue weighted by atomic mass is 16.5. The highest BCUT2D eigenvalue weighted by Gasteiger charge is 2.33. The van der Waals surface area contributed by atoms with Gasteiger partial charge in [0.1, 0.15) is 5.78 Å². The summed E-state index contributed by atoms with van der Waals surface area (Å²) in [5.74, 6) is 0.631. The molecule has 0 spiro atoms. The average Bonchev–Trinajstić information content (AvgIpc) is 2.72. The van der Waals surface area contributed by atoms with Gasteiger partial charge in [0.15, 0.2) is 0 Å². The van der Waals surface area contributed by atoms with Gasteiger partial charge in [-0.2, -0.15) is 0 Å². The minimum absolute atomic E-state index is 0.106. The van der Waals surface area contributed by atoms with Crippen LogP contribution in [0.15, 0.2) is 0 Å². The van der Waals surface area contributed by atoms with Crippen LogP contribution in [0.5, 0.6) is 0 Å². The molecule has 2 N–H and O–H groups in total. The van der Waals surface area contributed by atoms with Crippen LogP contribution in [0.4, 0.5) is 0 Å². The maximum absolute atomic E-state index is 11.8. The van der Waals surface area contributed by atoms with Crippen LogP contribution in [0.2, 0.25) is 0 Å². The molecule has 0 radical (unpaired) electrons. The van der Waals surface area contributed by atoms with Crippen molar-refractivity contribution in [2.75, 3.05) is 13.7 Å². The summed E-state index contributed by atoms with van der Waals surface area (Å²) in [4.78, 5) is 23.2. The molecule has 0 aromatic carbocycles. The lowest BCUT2D eigenvalue weighted by molar-refractivity contribution is -0.129. The summed E-state index contributed by atoms with van der Waals surface area (Å²) < 4.78 is 5.82. The predicted molar refractivity (Wildman–Crippen MR) is 113 cm³/mol. The Bertz CT molecular complexity index is 348. The smallest absolute Gasteiger partial charge is 0.220 e. The summed E-state index contributed by atoms with van der Waals surface area (Å²) in [6.45, 7) is 10.6. The first-order chi connectivity index (χ1) is 13.2. The zero-order valence-electron chi connectivity index (χ0n) is 18.7. The van der Waals surface area contributed by atoms with E-state index in [0.29, 0.717) is 31.3 Å². The van der Waals surface area contributed by atoms with Gasteiger partial charge in [0, 0.05) is 38.5 Å². The predicted octanol–water partition coefficient (Wildman–Crippen LogP) is 4.65. The molecular weight excluding hydrogens is 342 g/mol. The molecular formula is C22H45NO4. The molecule has 0 aromatic heterocycles. The van der Waals surface area contributed by atoms with Crippen LogP contribution >= 0.6 is 0 Å².